The van der Waals surface area contributed by atoms with E-state index in [2.05, 4.69) is 16.7 Å². The van der Waals surface area contributed by atoms with E-state index in [1.165, 1.54) is 32.1 Å². The molecule has 3 rings (SSSR count). The molecule has 1 aliphatic rings. The molecular formula is C15H17N3. The number of nitriles is 1. The molecule has 3 heteroatoms. The van der Waals surface area contributed by atoms with Crippen LogP contribution in [0.5, 0.6) is 0 Å². The van der Waals surface area contributed by atoms with Crippen molar-refractivity contribution in [2.45, 2.75) is 44.6 Å². The van der Waals surface area contributed by atoms with Crippen LogP contribution >= 0.6 is 0 Å². The Morgan fingerprint density at radius 3 is 2.78 bits per heavy atom. The number of fused-ring (bicyclic) bond motifs is 1. The first-order valence-corrected chi connectivity index (χ1v) is 6.72. The number of nitrogens with zero attached hydrogens (tertiary/aromatic N) is 3. The average Bonchev–Trinajstić information content (AvgIpc) is 2.80. The first-order valence-electron chi connectivity index (χ1n) is 6.72. The summed E-state index contributed by atoms with van der Waals surface area (Å²) in [5.74, 6) is 1.66. The quantitative estimate of drug-likeness (QED) is 0.803. The summed E-state index contributed by atoms with van der Waals surface area (Å²) in [6.45, 7) is 0.409. The summed E-state index contributed by atoms with van der Waals surface area (Å²) in [4.78, 5) is 4.77. The van der Waals surface area contributed by atoms with Gasteiger partial charge in [0.05, 0.1) is 17.1 Å². The van der Waals surface area contributed by atoms with Gasteiger partial charge in [0, 0.05) is 5.92 Å². The van der Waals surface area contributed by atoms with Crippen LogP contribution in [-0.4, -0.2) is 9.55 Å². The molecule has 1 aromatic heterocycles. The van der Waals surface area contributed by atoms with E-state index in [0.717, 1.165) is 16.9 Å². The highest BCUT2D eigenvalue weighted by atomic mass is 15.1. The Kier molecular flexibility index (Phi) is 3.02. The normalized spacial score (nSPS) is 16.8. The zero-order valence-corrected chi connectivity index (χ0v) is 10.5. The van der Waals surface area contributed by atoms with Crippen LogP contribution in [0.1, 0.15) is 43.8 Å². The van der Waals surface area contributed by atoms with Gasteiger partial charge < -0.3 is 4.57 Å². The van der Waals surface area contributed by atoms with Crippen molar-refractivity contribution < 1.29 is 0 Å². The van der Waals surface area contributed by atoms with Crippen LogP contribution in [-0.2, 0) is 6.54 Å². The van der Waals surface area contributed by atoms with Gasteiger partial charge in [0.2, 0.25) is 0 Å². The van der Waals surface area contributed by atoms with Crippen LogP contribution in [0.2, 0.25) is 0 Å². The maximum Gasteiger partial charge on any atom is 0.113 e. The summed E-state index contributed by atoms with van der Waals surface area (Å²) in [5, 5.41) is 9.02. The number of benzene rings is 1. The molecule has 1 aliphatic carbocycles. The molecule has 0 atom stereocenters. The summed E-state index contributed by atoms with van der Waals surface area (Å²) in [6.07, 6.45) is 6.36. The molecule has 1 heterocycles. The molecule has 1 aromatic carbocycles. The molecule has 0 radical (unpaired) electrons. The van der Waals surface area contributed by atoms with E-state index in [4.69, 9.17) is 10.2 Å². The topological polar surface area (TPSA) is 41.6 Å². The van der Waals surface area contributed by atoms with Gasteiger partial charge in [-0.1, -0.05) is 31.4 Å². The Hall–Kier alpha value is -1.82. The maximum atomic E-state index is 9.02. The van der Waals surface area contributed by atoms with Crippen molar-refractivity contribution in [2.75, 3.05) is 0 Å². The van der Waals surface area contributed by atoms with E-state index in [1.54, 1.807) is 0 Å². The molecule has 0 spiro atoms. The second-order valence-electron chi connectivity index (χ2n) is 5.04. The lowest BCUT2D eigenvalue weighted by Crippen LogP contribution is -2.12. The van der Waals surface area contributed by atoms with E-state index < -0.39 is 0 Å². The molecule has 0 bridgehead atoms. The molecule has 92 valence electrons. The Labute approximate surface area is 107 Å². The maximum absolute atomic E-state index is 9.02. The van der Waals surface area contributed by atoms with Gasteiger partial charge in [-0.3, -0.25) is 0 Å². The Bertz CT molecular complexity index is 585. The molecule has 0 amide bonds. The van der Waals surface area contributed by atoms with E-state index in [-0.39, 0.29) is 0 Å². The van der Waals surface area contributed by atoms with Crippen LogP contribution in [0.4, 0.5) is 0 Å². The van der Waals surface area contributed by atoms with Gasteiger partial charge in [-0.15, -0.1) is 0 Å². The number of rotatable bonds is 2. The van der Waals surface area contributed by atoms with Crippen LogP contribution < -0.4 is 0 Å². The molecule has 0 saturated heterocycles. The summed E-state index contributed by atoms with van der Waals surface area (Å²) < 4.78 is 2.10. The predicted octanol–water partition coefficient (Wildman–Crippen LogP) is 3.61. The number of hydrogen-bond acceptors (Lipinski definition) is 2. The standard InChI is InChI=1S/C15H17N3/c16-10-11-18-14-9-5-4-8-13(14)17-15(18)12-6-2-1-3-7-12/h4-5,8-9,12H,1-3,6-7,11H2. The van der Waals surface area contributed by atoms with Gasteiger partial charge in [-0.05, 0) is 25.0 Å². The van der Waals surface area contributed by atoms with Gasteiger partial charge in [0.15, 0.2) is 0 Å². The van der Waals surface area contributed by atoms with Crippen LogP contribution in [0.25, 0.3) is 11.0 Å². The second kappa shape index (κ2) is 4.81. The fraction of sp³-hybridized carbons (Fsp3) is 0.467. The summed E-state index contributed by atoms with van der Waals surface area (Å²) in [6, 6.07) is 10.4. The van der Waals surface area contributed by atoms with Gasteiger partial charge >= 0.3 is 0 Å². The minimum atomic E-state index is 0.409. The first kappa shape index (κ1) is 11.3. The van der Waals surface area contributed by atoms with E-state index in [1.807, 2.05) is 18.2 Å². The Balaban J connectivity index is 2.09. The summed E-state index contributed by atoms with van der Waals surface area (Å²) >= 11 is 0. The molecule has 0 unspecified atom stereocenters. The fourth-order valence-electron chi connectivity index (χ4n) is 3.00. The van der Waals surface area contributed by atoms with Crippen molar-refractivity contribution in [3.63, 3.8) is 0 Å². The third-order valence-corrected chi connectivity index (χ3v) is 3.88. The van der Waals surface area contributed by atoms with Gasteiger partial charge in [-0.2, -0.15) is 5.26 Å². The highest BCUT2D eigenvalue weighted by molar-refractivity contribution is 5.76. The van der Waals surface area contributed by atoms with Crippen molar-refractivity contribution >= 4 is 11.0 Å². The van der Waals surface area contributed by atoms with Crippen LogP contribution in [0.3, 0.4) is 0 Å². The number of hydrogen-bond donors (Lipinski definition) is 0. The van der Waals surface area contributed by atoms with Crippen molar-refractivity contribution in [1.29, 1.82) is 5.26 Å². The highest BCUT2D eigenvalue weighted by Gasteiger charge is 2.22. The Morgan fingerprint density at radius 2 is 2.00 bits per heavy atom. The lowest BCUT2D eigenvalue weighted by atomic mass is 9.88. The number of imidazole rings is 1. The van der Waals surface area contributed by atoms with Crippen LogP contribution in [0, 0.1) is 11.3 Å². The lowest BCUT2D eigenvalue weighted by molar-refractivity contribution is 0.421. The molecule has 1 saturated carbocycles. The third kappa shape index (κ3) is 1.88. The average molecular weight is 239 g/mol. The van der Waals surface area contributed by atoms with Crippen LogP contribution in [0.15, 0.2) is 24.3 Å². The molecule has 2 aromatic rings. The van der Waals surface area contributed by atoms with Gasteiger partial charge in [0.1, 0.15) is 12.4 Å². The first-order chi connectivity index (χ1) is 8.90. The summed E-state index contributed by atoms with van der Waals surface area (Å²) in [5.41, 5.74) is 2.12. The van der Waals surface area contributed by atoms with Gasteiger partial charge in [0.25, 0.3) is 0 Å². The minimum Gasteiger partial charge on any atom is -0.314 e. The van der Waals surface area contributed by atoms with Crippen molar-refractivity contribution in [1.82, 2.24) is 9.55 Å². The SMILES string of the molecule is N#CCn1c(C2CCCCC2)nc2ccccc21. The highest BCUT2D eigenvalue weighted by Crippen LogP contribution is 2.33. The zero-order chi connectivity index (χ0) is 12.4. The molecule has 18 heavy (non-hydrogen) atoms. The molecule has 0 aliphatic heterocycles. The smallest absolute Gasteiger partial charge is 0.113 e. The third-order valence-electron chi connectivity index (χ3n) is 3.88. The minimum absolute atomic E-state index is 0.409. The van der Waals surface area contributed by atoms with E-state index in [0.29, 0.717) is 12.5 Å². The largest absolute Gasteiger partial charge is 0.314 e. The number of para-hydroxylation sites is 2. The Morgan fingerprint density at radius 1 is 1.22 bits per heavy atom. The predicted molar refractivity (Wildman–Crippen MR) is 71.2 cm³/mol. The van der Waals surface area contributed by atoms with Crippen molar-refractivity contribution in [3.05, 3.63) is 30.1 Å². The zero-order valence-electron chi connectivity index (χ0n) is 10.5. The summed E-state index contributed by atoms with van der Waals surface area (Å²) in [7, 11) is 0. The molecule has 3 nitrogen and oxygen atoms in total. The molecular weight excluding hydrogens is 222 g/mol. The van der Waals surface area contributed by atoms with E-state index >= 15 is 0 Å². The monoisotopic (exact) mass is 239 g/mol. The second-order valence-corrected chi connectivity index (χ2v) is 5.04. The number of aromatic nitrogens is 2. The molecule has 0 N–H and O–H groups in total. The van der Waals surface area contributed by atoms with Crippen molar-refractivity contribution in [2.24, 2.45) is 0 Å². The van der Waals surface area contributed by atoms with E-state index in [9.17, 15) is 0 Å². The molecule has 1 fully saturated rings. The van der Waals surface area contributed by atoms with Gasteiger partial charge in [-0.25, -0.2) is 4.98 Å². The van der Waals surface area contributed by atoms with Crippen molar-refractivity contribution in [3.8, 4) is 6.07 Å². The fourth-order valence-corrected chi connectivity index (χ4v) is 3.00. The lowest BCUT2D eigenvalue weighted by Gasteiger charge is -2.21.